The number of aliphatic hydroxyl groups is 1. The van der Waals surface area contributed by atoms with Gasteiger partial charge in [-0.25, -0.2) is 0 Å². The predicted octanol–water partition coefficient (Wildman–Crippen LogP) is 3.72. The van der Waals surface area contributed by atoms with Crippen LogP contribution in [0.4, 0.5) is 0 Å². The van der Waals surface area contributed by atoms with Crippen molar-refractivity contribution < 1.29 is 5.11 Å². The second-order valence-corrected chi connectivity index (χ2v) is 9.41. The number of nitrogens with two attached hydrogens (primary N) is 1. The van der Waals surface area contributed by atoms with Crippen LogP contribution in [0.3, 0.4) is 0 Å². The Bertz CT molecular complexity index is 424. The number of aliphatic hydroxyl groups excluding tert-OH is 1. The number of rotatable bonds is 0. The van der Waals surface area contributed by atoms with Gasteiger partial charge in [0.25, 0.3) is 0 Å². The quantitative estimate of drug-likeness (QED) is 0.714. The van der Waals surface area contributed by atoms with Gasteiger partial charge < -0.3 is 10.8 Å². The Morgan fingerprint density at radius 3 is 2.62 bits per heavy atom. The van der Waals surface area contributed by atoms with Crippen LogP contribution in [0.15, 0.2) is 0 Å². The first-order valence-corrected chi connectivity index (χ1v) is 9.38. The fourth-order valence-corrected chi connectivity index (χ4v) is 7.34. The van der Waals surface area contributed by atoms with E-state index in [2.05, 4.69) is 13.8 Å². The van der Waals surface area contributed by atoms with Gasteiger partial charge in [0.05, 0.1) is 6.10 Å². The number of fused-ring (bicyclic) bond motifs is 5. The Morgan fingerprint density at radius 2 is 1.81 bits per heavy atom. The minimum atomic E-state index is -0.250. The molecule has 0 aliphatic heterocycles. The molecule has 2 heteroatoms. The largest absolute Gasteiger partial charge is 0.392 e. The lowest BCUT2D eigenvalue weighted by molar-refractivity contribution is -0.126. The zero-order chi connectivity index (χ0) is 14.8. The van der Waals surface area contributed by atoms with E-state index < -0.39 is 0 Å². The Balaban J connectivity index is 1.63. The summed E-state index contributed by atoms with van der Waals surface area (Å²) in [4.78, 5) is 0. The van der Waals surface area contributed by atoms with Crippen molar-refractivity contribution in [3.05, 3.63) is 0 Å². The topological polar surface area (TPSA) is 46.2 Å². The monoisotopic (exact) mass is 291 g/mol. The Kier molecular flexibility index (Phi) is 3.25. The van der Waals surface area contributed by atoms with Gasteiger partial charge in [-0.2, -0.15) is 0 Å². The lowest BCUT2D eigenvalue weighted by Crippen LogP contribution is -2.57. The van der Waals surface area contributed by atoms with Crippen molar-refractivity contribution in [2.75, 3.05) is 0 Å². The van der Waals surface area contributed by atoms with Crippen LogP contribution in [-0.2, 0) is 0 Å². The molecule has 0 heterocycles. The maximum Gasteiger partial charge on any atom is 0.0694 e. The molecule has 4 aliphatic carbocycles. The van der Waals surface area contributed by atoms with Crippen LogP contribution < -0.4 is 5.73 Å². The summed E-state index contributed by atoms with van der Waals surface area (Å²) in [6.07, 6.45) is 11.8. The second-order valence-electron chi connectivity index (χ2n) is 9.41. The van der Waals surface area contributed by atoms with Gasteiger partial charge in [0.1, 0.15) is 0 Å². The van der Waals surface area contributed by atoms with Crippen LogP contribution in [0, 0.1) is 34.5 Å². The maximum absolute atomic E-state index is 10.2. The van der Waals surface area contributed by atoms with Crippen molar-refractivity contribution in [3.8, 4) is 0 Å². The fourth-order valence-electron chi connectivity index (χ4n) is 7.34. The van der Waals surface area contributed by atoms with Crippen molar-refractivity contribution in [1.82, 2.24) is 0 Å². The molecule has 0 bridgehead atoms. The van der Waals surface area contributed by atoms with E-state index in [0.29, 0.717) is 10.8 Å². The van der Waals surface area contributed by atoms with Gasteiger partial charge >= 0.3 is 0 Å². The minimum absolute atomic E-state index is 0.0156. The molecule has 8 atom stereocenters. The predicted molar refractivity (Wildman–Crippen MR) is 85.7 cm³/mol. The number of hydrogen-bond acceptors (Lipinski definition) is 2. The molecule has 4 rings (SSSR count). The average molecular weight is 291 g/mol. The van der Waals surface area contributed by atoms with Gasteiger partial charge in [-0.3, -0.25) is 0 Å². The van der Waals surface area contributed by atoms with E-state index in [9.17, 15) is 5.11 Å². The van der Waals surface area contributed by atoms with E-state index in [1.54, 1.807) is 0 Å². The van der Waals surface area contributed by atoms with Gasteiger partial charge in [0.15, 0.2) is 0 Å². The molecule has 0 aromatic heterocycles. The molecule has 1 unspecified atom stereocenters. The van der Waals surface area contributed by atoms with Crippen LogP contribution in [0.1, 0.15) is 71.6 Å². The molecule has 0 amide bonds. The lowest BCUT2D eigenvalue weighted by Gasteiger charge is -2.61. The van der Waals surface area contributed by atoms with Gasteiger partial charge in [0, 0.05) is 6.04 Å². The molecule has 3 N–H and O–H groups in total. The standard InChI is InChI=1S/C19H33NO/c1-18-8-3-4-14(18)13-6-5-12-10-17(21)16(20)11-19(12,2)15(13)7-9-18/h12-17,21H,3-11,20H2,1-2H3/t12-,13?,14-,15-,16+,17-,18-,19-/m0/s1. The third-order valence-electron chi connectivity index (χ3n) is 8.54. The Labute approximate surface area is 129 Å². The van der Waals surface area contributed by atoms with E-state index in [1.807, 2.05) is 0 Å². The molecule has 0 aromatic rings. The summed E-state index contributed by atoms with van der Waals surface area (Å²) in [5.74, 6) is 3.54. The highest BCUT2D eigenvalue weighted by Crippen LogP contribution is 2.66. The molecule has 21 heavy (non-hydrogen) atoms. The van der Waals surface area contributed by atoms with Crippen molar-refractivity contribution in [2.24, 2.45) is 40.2 Å². The lowest BCUT2D eigenvalue weighted by atomic mass is 9.45. The summed E-state index contributed by atoms with van der Waals surface area (Å²) in [5, 5.41) is 10.2. The van der Waals surface area contributed by atoms with Crippen LogP contribution >= 0.6 is 0 Å². The van der Waals surface area contributed by atoms with Crippen molar-refractivity contribution in [2.45, 2.75) is 83.8 Å². The highest BCUT2D eigenvalue weighted by molar-refractivity contribution is 5.08. The van der Waals surface area contributed by atoms with Crippen molar-refractivity contribution in [1.29, 1.82) is 0 Å². The highest BCUT2D eigenvalue weighted by Gasteiger charge is 2.58. The summed E-state index contributed by atoms with van der Waals surface area (Å²) >= 11 is 0. The summed E-state index contributed by atoms with van der Waals surface area (Å²) in [6.45, 7) is 5.10. The highest BCUT2D eigenvalue weighted by atomic mass is 16.3. The van der Waals surface area contributed by atoms with E-state index >= 15 is 0 Å². The minimum Gasteiger partial charge on any atom is -0.392 e. The van der Waals surface area contributed by atoms with Crippen molar-refractivity contribution in [3.63, 3.8) is 0 Å². The molecule has 4 fully saturated rings. The third kappa shape index (κ3) is 1.97. The van der Waals surface area contributed by atoms with Gasteiger partial charge in [0.2, 0.25) is 0 Å². The zero-order valence-electron chi connectivity index (χ0n) is 13.9. The molecule has 4 aliphatic rings. The molecular weight excluding hydrogens is 258 g/mol. The maximum atomic E-state index is 10.2. The van der Waals surface area contributed by atoms with Crippen molar-refractivity contribution >= 4 is 0 Å². The van der Waals surface area contributed by atoms with E-state index in [1.165, 1.54) is 44.9 Å². The first-order valence-electron chi connectivity index (χ1n) is 9.38. The number of hydrogen-bond donors (Lipinski definition) is 2. The Hall–Kier alpha value is -0.0800. The summed E-state index contributed by atoms with van der Waals surface area (Å²) < 4.78 is 0. The molecule has 0 radical (unpaired) electrons. The molecule has 0 saturated heterocycles. The van der Waals surface area contributed by atoms with Crippen LogP contribution in [0.25, 0.3) is 0 Å². The molecule has 4 saturated carbocycles. The van der Waals surface area contributed by atoms with Crippen LogP contribution in [0.5, 0.6) is 0 Å². The third-order valence-corrected chi connectivity index (χ3v) is 8.54. The van der Waals surface area contributed by atoms with Gasteiger partial charge in [-0.1, -0.05) is 20.3 Å². The molecular formula is C19H33NO. The Morgan fingerprint density at radius 1 is 1.00 bits per heavy atom. The summed E-state index contributed by atoms with van der Waals surface area (Å²) in [6, 6.07) is 0.0156. The normalized spacial score (nSPS) is 60.0. The fraction of sp³-hybridized carbons (Fsp3) is 1.00. The van der Waals surface area contributed by atoms with Crippen LogP contribution in [-0.4, -0.2) is 17.3 Å². The SMILES string of the molecule is C[C@@]12CCC[C@H]1C1CC[C@H]3C[C@H](O)[C@H](N)C[C@]3(C)[C@H]1CC2. The van der Waals surface area contributed by atoms with E-state index in [-0.39, 0.29) is 12.1 Å². The van der Waals surface area contributed by atoms with E-state index in [4.69, 9.17) is 5.73 Å². The molecule has 2 nitrogen and oxygen atoms in total. The summed E-state index contributed by atoms with van der Waals surface area (Å²) in [7, 11) is 0. The first-order chi connectivity index (χ1) is 9.94. The molecule has 0 spiro atoms. The van der Waals surface area contributed by atoms with Crippen LogP contribution in [0.2, 0.25) is 0 Å². The van der Waals surface area contributed by atoms with Gasteiger partial charge in [-0.05, 0) is 85.9 Å². The molecule has 120 valence electrons. The van der Waals surface area contributed by atoms with Gasteiger partial charge in [-0.15, -0.1) is 0 Å². The smallest absolute Gasteiger partial charge is 0.0694 e. The zero-order valence-corrected chi connectivity index (χ0v) is 13.9. The second kappa shape index (κ2) is 4.71. The molecule has 0 aromatic carbocycles. The first kappa shape index (κ1) is 14.5. The summed E-state index contributed by atoms with van der Waals surface area (Å²) in [5.41, 5.74) is 7.34. The van der Waals surface area contributed by atoms with E-state index in [0.717, 1.165) is 36.5 Å². The average Bonchev–Trinajstić information content (AvgIpc) is 2.82.